The molecule has 1 rings (SSSR count). The van der Waals surface area contributed by atoms with Crippen molar-refractivity contribution < 1.29 is 4.79 Å². The Morgan fingerprint density at radius 1 is 1.47 bits per heavy atom. The molecule has 100 valence electrons. The van der Waals surface area contributed by atoms with E-state index in [0.29, 0.717) is 24.3 Å². The molecule has 0 saturated carbocycles. The zero-order valence-electron chi connectivity index (χ0n) is 11.6. The minimum Gasteiger partial charge on any atom is -0.342 e. The molecule has 0 bridgehead atoms. The van der Waals surface area contributed by atoms with Crippen LogP contribution in [0.4, 0.5) is 0 Å². The molecule has 17 heavy (non-hydrogen) atoms. The Labute approximate surface area is 106 Å². The summed E-state index contributed by atoms with van der Waals surface area (Å²) in [5.41, 5.74) is 5.75. The van der Waals surface area contributed by atoms with Gasteiger partial charge < -0.3 is 10.6 Å². The molecular weight excluding hydrogens is 212 g/mol. The Kier molecular flexibility index (Phi) is 5.96. The molecule has 1 aliphatic rings. The summed E-state index contributed by atoms with van der Waals surface area (Å²) in [6.45, 7) is 8.90. The molecule has 0 spiro atoms. The fourth-order valence-electron chi connectivity index (χ4n) is 2.72. The highest BCUT2D eigenvalue weighted by molar-refractivity contribution is 5.79. The number of carbonyl (C=O) groups excluding carboxylic acids is 1. The normalized spacial score (nSPS) is 22.9. The highest BCUT2D eigenvalue weighted by Gasteiger charge is 2.27. The zero-order valence-corrected chi connectivity index (χ0v) is 11.6. The molecule has 2 atom stereocenters. The molecule has 2 N–H and O–H groups in total. The number of nitrogens with two attached hydrogens (primary N) is 1. The number of amides is 1. The fourth-order valence-corrected chi connectivity index (χ4v) is 2.72. The second-order valence-electron chi connectivity index (χ2n) is 5.76. The number of nitrogens with zero attached hydrogens (tertiary/aromatic N) is 1. The third-order valence-electron chi connectivity index (χ3n) is 3.80. The highest BCUT2D eigenvalue weighted by Crippen LogP contribution is 2.22. The smallest absolute Gasteiger partial charge is 0.226 e. The van der Waals surface area contributed by atoms with Gasteiger partial charge >= 0.3 is 0 Å². The summed E-state index contributed by atoms with van der Waals surface area (Å²) < 4.78 is 0. The van der Waals surface area contributed by atoms with Gasteiger partial charge in [0.25, 0.3) is 0 Å². The number of piperidine rings is 1. The summed E-state index contributed by atoms with van der Waals surface area (Å²) in [6, 6.07) is 0. The lowest BCUT2D eigenvalue weighted by molar-refractivity contribution is -0.137. The van der Waals surface area contributed by atoms with Crippen LogP contribution in [0.3, 0.4) is 0 Å². The average Bonchev–Trinajstić information content (AvgIpc) is 2.35. The van der Waals surface area contributed by atoms with Crippen molar-refractivity contribution in [1.82, 2.24) is 4.90 Å². The predicted octanol–water partition coefficient (Wildman–Crippen LogP) is 2.26. The molecule has 1 amide bonds. The van der Waals surface area contributed by atoms with Gasteiger partial charge in [-0.2, -0.15) is 0 Å². The Morgan fingerprint density at radius 3 is 2.71 bits per heavy atom. The third kappa shape index (κ3) is 4.30. The van der Waals surface area contributed by atoms with Crippen LogP contribution in [0, 0.1) is 17.8 Å². The molecule has 0 radical (unpaired) electrons. The number of likely N-dealkylation sites (tertiary alicyclic amines) is 1. The molecule has 3 heteroatoms. The van der Waals surface area contributed by atoms with E-state index >= 15 is 0 Å². The molecule has 0 aromatic rings. The van der Waals surface area contributed by atoms with Gasteiger partial charge in [-0.1, -0.05) is 27.2 Å². The van der Waals surface area contributed by atoms with E-state index in [1.165, 1.54) is 12.8 Å². The van der Waals surface area contributed by atoms with E-state index in [-0.39, 0.29) is 5.92 Å². The van der Waals surface area contributed by atoms with Gasteiger partial charge in [0.1, 0.15) is 0 Å². The van der Waals surface area contributed by atoms with Gasteiger partial charge in [-0.05, 0) is 31.1 Å². The van der Waals surface area contributed by atoms with Gasteiger partial charge in [0.15, 0.2) is 0 Å². The van der Waals surface area contributed by atoms with Gasteiger partial charge in [-0.15, -0.1) is 0 Å². The van der Waals surface area contributed by atoms with E-state index in [9.17, 15) is 4.79 Å². The molecule has 1 fully saturated rings. The molecule has 3 nitrogen and oxygen atoms in total. The van der Waals surface area contributed by atoms with Crippen LogP contribution in [0.5, 0.6) is 0 Å². The monoisotopic (exact) mass is 240 g/mol. The standard InChI is InChI=1S/C14H28N2O/c1-4-12-6-5-7-16(10-12)14(17)13(9-15)8-11(2)3/h11-13H,4-10,15H2,1-3H3. The van der Waals surface area contributed by atoms with Crippen LogP contribution < -0.4 is 5.73 Å². The first-order valence-electron chi connectivity index (χ1n) is 7.07. The van der Waals surface area contributed by atoms with E-state index in [1.54, 1.807) is 0 Å². The molecule has 0 aliphatic carbocycles. The van der Waals surface area contributed by atoms with Crippen LogP contribution >= 0.6 is 0 Å². The summed E-state index contributed by atoms with van der Waals surface area (Å²) in [6.07, 6.45) is 4.53. The van der Waals surface area contributed by atoms with Gasteiger partial charge in [0.05, 0.1) is 5.92 Å². The number of hydrogen-bond acceptors (Lipinski definition) is 2. The predicted molar refractivity (Wildman–Crippen MR) is 71.6 cm³/mol. The molecular formula is C14H28N2O. The molecule has 0 aromatic carbocycles. The third-order valence-corrected chi connectivity index (χ3v) is 3.80. The van der Waals surface area contributed by atoms with Crippen molar-refractivity contribution in [2.75, 3.05) is 19.6 Å². The maximum absolute atomic E-state index is 12.4. The van der Waals surface area contributed by atoms with Crippen molar-refractivity contribution in [1.29, 1.82) is 0 Å². The SMILES string of the molecule is CCC1CCCN(C(=O)C(CN)CC(C)C)C1. The summed E-state index contributed by atoms with van der Waals surface area (Å²) >= 11 is 0. The molecule has 1 aliphatic heterocycles. The van der Waals surface area contributed by atoms with E-state index in [0.717, 1.165) is 25.9 Å². The zero-order chi connectivity index (χ0) is 12.8. The van der Waals surface area contributed by atoms with E-state index < -0.39 is 0 Å². The number of hydrogen-bond donors (Lipinski definition) is 1. The number of carbonyl (C=O) groups is 1. The lowest BCUT2D eigenvalue weighted by atomic mass is 9.92. The van der Waals surface area contributed by atoms with Crippen molar-refractivity contribution in [2.45, 2.75) is 46.5 Å². The van der Waals surface area contributed by atoms with E-state index in [2.05, 4.69) is 25.7 Å². The molecule has 1 heterocycles. The van der Waals surface area contributed by atoms with Crippen LogP contribution in [0.15, 0.2) is 0 Å². The second kappa shape index (κ2) is 7.00. The Morgan fingerprint density at radius 2 is 2.18 bits per heavy atom. The molecule has 2 unspecified atom stereocenters. The van der Waals surface area contributed by atoms with Gasteiger partial charge in [0, 0.05) is 19.6 Å². The van der Waals surface area contributed by atoms with Crippen molar-refractivity contribution in [2.24, 2.45) is 23.5 Å². The minimum absolute atomic E-state index is 0.0330. The van der Waals surface area contributed by atoms with Crippen LogP contribution in [0.1, 0.15) is 46.5 Å². The maximum atomic E-state index is 12.4. The van der Waals surface area contributed by atoms with Crippen LogP contribution in [-0.2, 0) is 4.79 Å². The quantitative estimate of drug-likeness (QED) is 0.801. The average molecular weight is 240 g/mol. The van der Waals surface area contributed by atoms with Crippen molar-refractivity contribution in [3.63, 3.8) is 0 Å². The fraction of sp³-hybridized carbons (Fsp3) is 0.929. The first-order valence-corrected chi connectivity index (χ1v) is 7.07. The van der Waals surface area contributed by atoms with Crippen molar-refractivity contribution in [3.05, 3.63) is 0 Å². The lowest BCUT2D eigenvalue weighted by Gasteiger charge is -2.34. The highest BCUT2D eigenvalue weighted by atomic mass is 16.2. The Bertz CT molecular complexity index is 240. The molecule has 1 saturated heterocycles. The Hall–Kier alpha value is -0.570. The van der Waals surface area contributed by atoms with Gasteiger partial charge in [-0.3, -0.25) is 4.79 Å². The second-order valence-corrected chi connectivity index (χ2v) is 5.76. The van der Waals surface area contributed by atoms with Crippen LogP contribution in [-0.4, -0.2) is 30.4 Å². The van der Waals surface area contributed by atoms with E-state index in [1.807, 2.05) is 0 Å². The largest absolute Gasteiger partial charge is 0.342 e. The minimum atomic E-state index is 0.0330. The van der Waals surface area contributed by atoms with Crippen molar-refractivity contribution in [3.8, 4) is 0 Å². The number of rotatable bonds is 5. The Balaban J connectivity index is 2.54. The first kappa shape index (κ1) is 14.5. The topological polar surface area (TPSA) is 46.3 Å². The first-order chi connectivity index (χ1) is 8.08. The van der Waals surface area contributed by atoms with Crippen molar-refractivity contribution >= 4 is 5.91 Å². The van der Waals surface area contributed by atoms with Gasteiger partial charge in [0.2, 0.25) is 5.91 Å². The maximum Gasteiger partial charge on any atom is 0.226 e. The van der Waals surface area contributed by atoms with Crippen LogP contribution in [0.25, 0.3) is 0 Å². The molecule has 0 aromatic heterocycles. The lowest BCUT2D eigenvalue weighted by Crippen LogP contribution is -2.45. The summed E-state index contributed by atoms with van der Waals surface area (Å²) in [4.78, 5) is 14.4. The van der Waals surface area contributed by atoms with E-state index in [4.69, 9.17) is 5.73 Å². The summed E-state index contributed by atoms with van der Waals surface area (Å²) in [7, 11) is 0. The summed E-state index contributed by atoms with van der Waals surface area (Å²) in [5.74, 6) is 1.56. The van der Waals surface area contributed by atoms with Crippen LogP contribution in [0.2, 0.25) is 0 Å². The van der Waals surface area contributed by atoms with Gasteiger partial charge in [-0.25, -0.2) is 0 Å². The summed E-state index contributed by atoms with van der Waals surface area (Å²) in [5, 5.41) is 0.